The highest BCUT2D eigenvalue weighted by atomic mass is 19.1. The summed E-state index contributed by atoms with van der Waals surface area (Å²) in [6.45, 7) is 3.83. The summed E-state index contributed by atoms with van der Waals surface area (Å²) in [4.78, 5) is 0. The van der Waals surface area contributed by atoms with E-state index < -0.39 is 0 Å². The first-order chi connectivity index (χ1) is 7.66. The highest BCUT2D eigenvalue weighted by Gasteiger charge is 2.09. The highest BCUT2D eigenvalue weighted by Crippen LogP contribution is 2.22. The van der Waals surface area contributed by atoms with E-state index in [-0.39, 0.29) is 11.9 Å². The number of aryl methyl sites for hydroxylation is 1. The largest absolute Gasteiger partial charge is 0.472 e. The molecule has 16 heavy (non-hydrogen) atoms. The molecule has 1 N–H and O–H groups in total. The van der Waals surface area contributed by atoms with Crippen LogP contribution in [0.3, 0.4) is 0 Å². The lowest BCUT2D eigenvalue weighted by Gasteiger charge is -2.14. The van der Waals surface area contributed by atoms with Gasteiger partial charge in [0.2, 0.25) is 0 Å². The summed E-state index contributed by atoms with van der Waals surface area (Å²) in [6.07, 6.45) is 3.27. The Balaban J connectivity index is 2.15. The standard InChI is InChI=1S/C13H14FNO/c1-9-3-4-13(12(14)7-9)15-10(2)11-5-6-16-8-11/h3-8,10,15H,1-2H3. The van der Waals surface area contributed by atoms with E-state index in [1.54, 1.807) is 18.6 Å². The molecule has 0 saturated heterocycles. The fraction of sp³-hybridized carbons (Fsp3) is 0.231. The number of halogens is 1. The average Bonchev–Trinajstić information content (AvgIpc) is 2.75. The van der Waals surface area contributed by atoms with E-state index in [4.69, 9.17) is 4.42 Å². The van der Waals surface area contributed by atoms with Gasteiger partial charge in [-0.25, -0.2) is 4.39 Å². The van der Waals surface area contributed by atoms with Crippen molar-refractivity contribution in [3.8, 4) is 0 Å². The minimum absolute atomic E-state index is 0.0240. The van der Waals surface area contributed by atoms with E-state index >= 15 is 0 Å². The number of hydrogen-bond acceptors (Lipinski definition) is 2. The van der Waals surface area contributed by atoms with Crippen molar-refractivity contribution in [2.75, 3.05) is 5.32 Å². The van der Waals surface area contributed by atoms with Crippen LogP contribution in [0, 0.1) is 12.7 Å². The van der Waals surface area contributed by atoms with Gasteiger partial charge in [0.15, 0.2) is 0 Å². The van der Waals surface area contributed by atoms with Gasteiger partial charge in [0.05, 0.1) is 24.3 Å². The molecule has 1 unspecified atom stereocenters. The Hall–Kier alpha value is -1.77. The minimum Gasteiger partial charge on any atom is -0.472 e. The monoisotopic (exact) mass is 219 g/mol. The second-order valence-electron chi connectivity index (χ2n) is 3.91. The van der Waals surface area contributed by atoms with Crippen LogP contribution in [-0.4, -0.2) is 0 Å². The fourth-order valence-electron chi connectivity index (χ4n) is 1.58. The second-order valence-corrected chi connectivity index (χ2v) is 3.91. The van der Waals surface area contributed by atoms with Crippen LogP contribution >= 0.6 is 0 Å². The normalized spacial score (nSPS) is 12.4. The van der Waals surface area contributed by atoms with Gasteiger partial charge in [-0.3, -0.25) is 0 Å². The minimum atomic E-state index is -0.227. The van der Waals surface area contributed by atoms with E-state index in [1.165, 1.54) is 6.07 Å². The average molecular weight is 219 g/mol. The second kappa shape index (κ2) is 4.39. The van der Waals surface area contributed by atoms with Gasteiger partial charge in [-0.1, -0.05) is 6.07 Å². The van der Waals surface area contributed by atoms with Crippen LogP contribution in [0.4, 0.5) is 10.1 Å². The first-order valence-corrected chi connectivity index (χ1v) is 5.21. The predicted molar refractivity (Wildman–Crippen MR) is 61.9 cm³/mol. The van der Waals surface area contributed by atoms with E-state index in [0.29, 0.717) is 5.69 Å². The van der Waals surface area contributed by atoms with Crippen LogP contribution < -0.4 is 5.32 Å². The summed E-state index contributed by atoms with van der Waals surface area (Å²) in [5.74, 6) is -0.227. The zero-order chi connectivity index (χ0) is 11.5. The maximum absolute atomic E-state index is 13.6. The number of furan rings is 1. The molecule has 0 aliphatic heterocycles. The van der Waals surface area contributed by atoms with Gasteiger partial charge in [0.1, 0.15) is 5.82 Å². The van der Waals surface area contributed by atoms with Crippen molar-refractivity contribution in [1.29, 1.82) is 0 Å². The smallest absolute Gasteiger partial charge is 0.146 e. The van der Waals surface area contributed by atoms with E-state index in [0.717, 1.165) is 11.1 Å². The van der Waals surface area contributed by atoms with Crippen molar-refractivity contribution in [2.24, 2.45) is 0 Å². The molecule has 1 aromatic heterocycles. The van der Waals surface area contributed by atoms with Gasteiger partial charge in [-0.2, -0.15) is 0 Å². The molecule has 0 amide bonds. The van der Waals surface area contributed by atoms with Gasteiger partial charge in [0, 0.05) is 5.56 Å². The SMILES string of the molecule is Cc1ccc(NC(C)c2ccoc2)c(F)c1. The van der Waals surface area contributed by atoms with Crippen LogP contribution in [0.5, 0.6) is 0 Å². The molecule has 0 aliphatic rings. The lowest BCUT2D eigenvalue weighted by Crippen LogP contribution is -2.07. The quantitative estimate of drug-likeness (QED) is 0.846. The molecule has 2 nitrogen and oxygen atoms in total. The third kappa shape index (κ3) is 2.24. The number of hydrogen-bond donors (Lipinski definition) is 1. The molecule has 0 aliphatic carbocycles. The van der Waals surface area contributed by atoms with Crippen molar-refractivity contribution in [3.63, 3.8) is 0 Å². The van der Waals surface area contributed by atoms with Crippen molar-refractivity contribution in [3.05, 3.63) is 53.7 Å². The molecule has 1 atom stereocenters. The molecule has 2 rings (SSSR count). The number of rotatable bonds is 3. The van der Waals surface area contributed by atoms with Crippen LogP contribution in [0.25, 0.3) is 0 Å². The van der Waals surface area contributed by atoms with Crippen LogP contribution in [0.15, 0.2) is 41.2 Å². The molecule has 1 aromatic carbocycles. The number of benzene rings is 1. The van der Waals surface area contributed by atoms with E-state index in [1.807, 2.05) is 26.0 Å². The number of anilines is 1. The van der Waals surface area contributed by atoms with E-state index in [9.17, 15) is 4.39 Å². The van der Waals surface area contributed by atoms with E-state index in [2.05, 4.69) is 5.32 Å². The molecule has 3 heteroatoms. The van der Waals surface area contributed by atoms with Crippen molar-refractivity contribution < 1.29 is 8.81 Å². The molecule has 2 aromatic rings. The molecular weight excluding hydrogens is 205 g/mol. The van der Waals surface area contributed by atoms with Crippen molar-refractivity contribution in [2.45, 2.75) is 19.9 Å². The molecule has 0 spiro atoms. The Morgan fingerprint density at radius 3 is 2.75 bits per heavy atom. The van der Waals surface area contributed by atoms with Crippen molar-refractivity contribution >= 4 is 5.69 Å². The maximum atomic E-state index is 13.6. The fourth-order valence-corrected chi connectivity index (χ4v) is 1.58. The van der Waals surface area contributed by atoms with Crippen LogP contribution in [0.1, 0.15) is 24.1 Å². The first kappa shape index (κ1) is 10.7. The summed E-state index contributed by atoms with van der Waals surface area (Å²) in [6, 6.07) is 7.04. The molecule has 84 valence electrons. The summed E-state index contributed by atoms with van der Waals surface area (Å²) < 4.78 is 18.6. The summed E-state index contributed by atoms with van der Waals surface area (Å²) in [5, 5.41) is 3.10. The molecule has 0 saturated carbocycles. The molecule has 1 heterocycles. The zero-order valence-electron chi connectivity index (χ0n) is 9.33. The number of nitrogens with one attached hydrogen (secondary N) is 1. The zero-order valence-corrected chi connectivity index (χ0v) is 9.33. The van der Waals surface area contributed by atoms with Crippen LogP contribution in [0.2, 0.25) is 0 Å². The Morgan fingerprint density at radius 2 is 2.12 bits per heavy atom. The van der Waals surface area contributed by atoms with Crippen molar-refractivity contribution in [1.82, 2.24) is 0 Å². The van der Waals surface area contributed by atoms with Gasteiger partial charge in [-0.05, 0) is 37.6 Å². The Morgan fingerprint density at radius 1 is 1.31 bits per heavy atom. The Bertz CT molecular complexity index is 465. The van der Waals surface area contributed by atoms with Crippen LogP contribution in [-0.2, 0) is 0 Å². The Labute approximate surface area is 94.1 Å². The third-order valence-corrected chi connectivity index (χ3v) is 2.54. The summed E-state index contributed by atoms with van der Waals surface area (Å²) in [7, 11) is 0. The molecule has 0 radical (unpaired) electrons. The lowest BCUT2D eigenvalue weighted by molar-refractivity contribution is 0.562. The lowest BCUT2D eigenvalue weighted by atomic mass is 10.1. The highest BCUT2D eigenvalue weighted by molar-refractivity contribution is 5.47. The first-order valence-electron chi connectivity index (χ1n) is 5.21. The molecule has 0 bridgehead atoms. The molecule has 0 fully saturated rings. The van der Waals surface area contributed by atoms with Gasteiger partial charge < -0.3 is 9.73 Å². The summed E-state index contributed by atoms with van der Waals surface area (Å²) in [5.41, 5.74) is 2.43. The summed E-state index contributed by atoms with van der Waals surface area (Å²) >= 11 is 0. The Kier molecular flexibility index (Phi) is 2.95. The molecular formula is C13H14FNO. The third-order valence-electron chi connectivity index (χ3n) is 2.54. The maximum Gasteiger partial charge on any atom is 0.146 e. The van der Waals surface area contributed by atoms with Gasteiger partial charge in [-0.15, -0.1) is 0 Å². The van der Waals surface area contributed by atoms with Gasteiger partial charge >= 0.3 is 0 Å². The topological polar surface area (TPSA) is 25.2 Å². The van der Waals surface area contributed by atoms with Gasteiger partial charge in [0.25, 0.3) is 0 Å². The predicted octanol–water partition coefficient (Wildman–Crippen LogP) is 3.90.